The number of carboxylic acid groups (broad SMARTS) is 1. The third kappa shape index (κ3) is 6.09. The van der Waals surface area contributed by atoms with Crippen molar-refractivity contribution >= 4 is 22.1 Å². The molecule has 7 rings (SSSR count). The van der Waals surface area contributed by atoms with Gasteiger partial charge in [-0.1, -0.05) is 59.8 Å². The van der Waals surface area contributed by atoms with Gasteiger partial charge in [0.2, 0.25) is 0 Å². The molecule has 1 aromatic rings. The fourth-order valence-corrected chi connectivity index (χ4v) is 15.6. The second kappa shape index (κ2) is 13.4. The average Bonchev–Trinajstić information content (AvgIpc) is 3.46. The van der Waals surface area contributed by atoms with Crippen LogP contribution in [-0.4, -0.2) is 82.0 Å². The predicted molar refractivity (Wildman–Crippen MR) is 209 cm³/mol. The van der Waals surface area contributed by atoms with E-state index in [0.717, 1.165) is 39.2 Å². The molecule has 1 aliphatic heterocycles. The molecule has 0 spiro atoms. The van der Waals surface area contributed by atoms with Gasteiger partial charge in [0.05, 0.1) is 17.1 Å². The molecule has 5 fully saturated rings. The minimum atomic E-state index is -2.37. The molecule has 4 saturated carbocycles. The molecule has 1 saturated heterocycles. The van der Waals surface area contributed by atoms with Crippen LogP contribution in [0.1, 0.15) is 115 Å². The lowest BCUT2D eigenvalue weighted by Gasteiger charge is -2.72. The lowest BCUT2D eigenvalue weighted by molar-refractivity contribution is -0.222. The Hall–Kier alpha value is -1.42. The van der Waals surface area contributed by atoms with Crippen LogP contribution >= 0.6 is 10.6 Å². The summed E-state index contributed by atoms with van der Waals surface area (Å²) in [5.41, 5.74) is 3.94. The van der Waals surface area contributed by atoms with Gasteiger partial charge in [-0.05, 0) is 138 Å². The van der Waals surface area contributed by atoms with Gasteiger partial charge in [-0.3, -0.25) is 14.0 Å². The van der Waals surface area contributed by atoms with Gasteiger partial charge in [-0.25, -0.2) is 4.79 Å². The number of ether oxygens (including phenoxy) is 1. The quantitative estimate of drug-likeness (QED) is 0.202. The second-order valence-corrected chi connectivity index (χ2v) is 21.8. The second-order valence-electron chi connectivity index (χ2n) is 19.4. The number of hydrogen-bond donors (Lipinski definition) is 4. The van der Waals surface area contributed by atoms with E-state index in [1.54, 1.807) is 12.1 Å². The van der Waals surface area contributed by atoms with E-state index < -0.39 is 16.6 Å². The number of rotatable bonds is 9. The van der Waals surface area contributed by atoms with Crippen molar-refractivity contribution in [1.29, 1.82) is 0 Å². The smallest absolute Gasteiger partial charge is 0.335 e. The Balaban J connectivity index is 1.15. The van der Waals surface area contributed by atoms with Crippen molar-refractivity contribution in [2.75, 3.05) is 51.4 Å². The Morgan fingerprint density at radius 1 is 0.941 bits per heavy atom. The van der Waals surface area contributed by atoms with Crippen LogP contribution in [0.15, 0.2) is 30.3 Å². The van der Waals surface area contributed by atoms with Crippen molar-refractivity contribution in [2.24, 2.45) is 57.2 Å². The summed E-state index contributed by atoms with van der Waals surface area (Å²) in [6.07, 6.45) is 13.9. The number of methoxy groups -OCH3 is 1. The van der Waals surface area contributed by atoms with Crippen LogP contribution in [0.5, 0.6) is 0 Å². The average molecular weight is 725 g/mol. The van der Waals surface area contributed by atoms with Gasteiger partial charge in [-0.2, -0.15) is 10.6 Å². The monoisotopic (exact) mass is 724 g/mol. The van der Waals surface area contributed by atoms with Crippen LogP contribution in [0.25, 0.3) is 5.57 Å². The maximum absolute atomic E-state index is 11.6. The summed E-state index contributed by atoms with van der Waals surface area (Å²) in [7, 11) is -0.495. The van der Waals surface area contributed by atoms with E-state index in [2.05, 4.69) is 57.8 Å². The SMILES string of the molecule is COCC(C)[C@@H]1CC[C@]2(NCCN3CCS(O)(O)CC3)CC[C@]3(C)[C@H](CC[C@@H]4[C@@]5(C)CC=C(c6ccc(C(=O)O)cc6)C(C)(C)[C@@H]5CC[C@]43C)[C@@H]12. The highest BCUT2D eigenvalue weighted by Crippen LogP contribution is 2.76. The van der Waals surface area contributed by atoms with Crippen LogP contribution in [0, 0.1) is 57.2 Å². The Bertz CT molecular complexity index is 1490. The number of benzene rings is 1. The minimum Gasteiger partial charge on any atom is -0.478 e. The number of fused-ring (bicyclic) bond motifs is 7. The highest BCUT2D eigenvalue weighted by Gasteiger charge is 2.70. The molecule has 51 heavy (non-hydrogen) atoms. The molecule has 7 nitrogen and oxygen atoms in total. The van der Waals surface area contributed by atoms with Crippen LogP contribution in [0.4, 0.5) is 0 Å². The van der Waals surface area contributed by atoms with Crippen molar-refractivity contribution in [3.05, 3.63) is 41.5 Å². The summed E-state index contributed by atoms with van der Waals surface area (Å²) in [5.74, 6) is 4.01. The Kier molecular flexibility index (Phi) is 9.96. The molecule has 5 aliphatic carbocycles. The Morgan fingerprint density at radius 3 is 2.31 bits per heavy atom. The highest BCUT2D eigenvalue weighted by molar-refractivity contribution is 8.24. The molecule has 0 aromatic heterocycles. The van der Waals surface area contributed by atoms with Crippen LogP contribution < -0.4 is 5.32 Å². The van der Waals surface area contributed by atoms with Gasteiger partial charge in [0.1, 0.15) is 0 Å². The first-order chi connectivity index (χ1) is 24.0. The minimum absolute atomic E-state index is 0.0140. The molecule has 1 heterocycles. The number of nitrogens with zero attached hydrogens (tertiary/aromatic N) is 1. The Morgan fingerprint density at radius 2 is 1.65 bits per heavy atom. The maximum atomic E-state index is 11.6. The first-order valence-corrected chi connectivity index (χ1v) is 22.1. The summed E-state index contributed by atoms with van der Waals surface area (Å²) in [4.78, 5) is 14.0. The van der Waals surface area contributed by atoms with E-state index in [-0.39, 0.29) is 27.2 Å². The molecule has 286 valence electrons. The van der Waals surface area contributed by atoms with E-state index in [1.807, 2.05) is 19.2 Å². The molecule has 8 heteroatoms. The molecule has 6 aliphatic rings. The van der Waals surface area contributed by atoms with Gasteiger partial charge in [0, 0.05) is 45.4 Å². The molecule has 10 atom stereocenters. The summed E-state index contributed by atoms with van der Waals surface area (Å²) >= 11 is 0. The third-order valence-corrected chi connectivity index (χ3v) is 18.7. The van der Waals surface area contributed by atoms with Crippen LogP contribution in [0.3, 0.4) is 0 Å². The number of carboxylic acids is 1. The van der Waals surface area contributed by atoms with Gasteiger partial charge in [0.15, 0.2) is 0 Å². The predicted octanol–water partition coefficient (Wildman–Crippen LogP) is 9.15. The fourth-order valence-electron chi connectivity index (χ4n) is 14.3. The van der Waals surface area contributed by atoms with Crippen molar-refractivity contribution in [3.63, 3.8) is 0 Å². The summed E-state index contributed by atoms with van der Waals surface area (Å²) < 4.78 is 26.1. The maximum Gasteiger partial charge on any atom is 0.335 e. The number of hydrogen-bond acceptors (Lipinski definition) is 6. The van der Waals surface area contributed by atoms with Crippen molar-refractivity contribution in [3.8, 4) is 0 Å². The normalized spacial score (nSPS) is 42.8. The standard InChI is InChI=1S/C43H68N2O5S/c1-29(28-50-7)32-14-19-43(44-22-23-45-24-26-51(48,49)27-25-45)21-20-41(5)34(37(32)43)12-13-36-40(4)17-15-33(30-8-10-31(11-9-30)38(46)47)39(2,3)35(40)16-18-42(36,41)6/h8-11,15,29,32,34-37,44,48-49H,12-14,16-28H2,1-7H3,(H,46,47)/t29?,32-,34+,35-,36+,37+,40-,41+,42+,43-/m0/s1. The van der Waals surface area contributed by atoms with Crippen LogP contribution in [-0.2, 0) is 4.74 Å². The van der Waals surface area contributed by atoms with Crippen molar-refractivity contribution in [1.82, 2.24) is 10.2 Å². The largest absolute Gasteiger partial charge is 0.478 e. The first kappa shape index (κ1) is 37.9. The molecule has 0 amide bonds. The van der Waals surface area contributed by atoms with E-state index in [4.69, 9.17) is 4.74 Å². The topological polar surface area (TPSA) is 102 Å². The molecular weight excluding hydrogens is 657 g/mol. The molecule has 1 aromatic carbocycles. The number of nitrogens with one attached hydrogen (secondary N) is 1. The van der Waals surface area contributed by atoms with Gasteiger partial charge >= 0.3 is 5.97 Å². The third-order valence-electron chi connectivity index (χ3n) is 17.0. The zero-order chi connectivity index (χ0) is 36.6. The van der Waals surface area contributed by atoms with E-state index in [9.17, 15) is 19.0 Å². The molecule has 1 unspecified atom stereocenters. The fraction of sp³-hybridized carbons (Fsp3) is 0.791. The summed E-state index contributed by atoms with van der Waals surface area (Å²) in [6.45, 7) is 19.9. The first-order valence-electron chi connectivity index (χ1n) is 20.3. The van der Waals surface area contributed by atoms with Gasteiger partial charge in [0.25, 0.3) is 0 Å². The number of allylic oxidation sites excluding steroid dienone is 2. The van der Waals surface area contributed by atoms with Crippen LogP contribution in [0.2, 0.25) is 0 Å². The molecule has 0 radical (unpaired) electrons. The zero-order valence-corrected chi connectivity index (χ0v) is 33.5. The summed E-state index contributed by atoms with van der Waals surface area (Å²) in [6, 6.07) is 7.61. The zero-order valence-electron chi connectivity index (χ0n) is 32.7. The highest BCUT2D eigenvalue weighted by atomic mass is 32.3. The van der Waals surface area contributed by atoms with Gasteiger partial charge in [-0.15, -0.1) is 0 Å². The Labute approximate surface area is 310 Å². The van der Waals surface area contributed by atoms with Gasteiger partial charge < -0.3 is 15.2 Å². The number of aromatic carboxylic acids is 1. The molecular formula is C43H68N2O5S. The number of carbonyl (C=O) groups is 1. The van der Waals surface area contributed by atoms with E-state index in [1.165, 1.54) is 62.5 Å². The summed E-state index contributed by atoms with van der Waals surface area (Å²) in [5, 5.41) is 13.8. The van der Waals surface area contributed by atoms with E-state index >= 15 is 0 Å². The lowest BCUT2D eigenvalue weighted by Crippen LogP contribution is -2.68. The molecule has 0 bridgehead atoms. The molecule has 4 N–H and O–H groups in total. The van der Waals surface area contributed by atoms with E-state index in [0.29, 0.717) is 52.6 Å². The van der Waals surface area contributed by atoms with Crippen molar-refractivity contribution in [2.45, 2.75) is 105 Å². The van der Waals surface area contributed by atoms with Crippen molar-refractivity contribution < 1.29 is 23.7 Å². The lowest BCUT2D eigenvalue weighted by atomic mass is 9.33.